The van der Waals surface area contributed by atoms with E-state index in [2.05, 4.69) is 4.90 Å². The maximum absolute atomic E-state index is 14.0. The summed E-state index contributed by atoms with van der Waals surface area (Å²) >= 11 is 0. The summed E-state index contributed by atoms with van der Waals surface area (Å²) in [6.45, 7) is 0. The molecule has 2 heterocycles. The summed E-state index contributed by atoms with van der Waals surface area (Å²) in [4.78, 5) is 2.25. The fourth-order valence-electron chi connectivity index (χ4n) is 3.30. The van der Waals surface area contributed by atoms with E-state index in [1.165, 1.54) is 38.2 Å². The van der Waals surface area contributed by atoms with Gasteiger partial charge in [0.2, 0.25) is 0 Å². The first-order valence-electron chi connectivity index (χ1n) is 6.27. The molecule has 17 heavy (non-hydrogen) atoms. The summed E-state index contributed by atoms with van der Waals surface area (Å²) in [5.41, 5.74) is 1.09. The van der Waals surface area contributed by atoms with E-state index in [-0.39, 0.29) is 5.82 Å². The van der Waals surface area contributed by atoms with Crippen LogP contribution in [0.5, 0.6) is 0 Å². The van der Waals surface area contributed by atoms with E-state index in [0.717, 1.165) is 0 Å². The molecular formula is C14H15FN2. The standard InChI is InChI=1S/C14H15FN2/c15-13-8-10(9-16)4-7-14(13)17-11-2-1-3-12(17)6-5-11/h4,7-8,11-12H,1-3,5-6H2. The summed E-state index contributed by atoms with van der Waals surface area (Å²) in [5, 5.41) is 8.75. The van der Waals surface area contributed by atoms with E-state index in [1.54, 1.807) is 12.1 Å². The second kappa shape index (κ2) is 4.03. The maximum Gasteiger partial charge on any atom is 0.147 e. The Morgan fingerprint density at radius 3 is 2.47 bits per heavy atom. The highest BCUT2D eigenvalue weighted by molar-refractivity contribution is 5.54. The molecule has 2 atom stereocenters. The van der Waals surface area contributed by atoms with Crippen molar-refractivity contribution >= 4 is 5.69 Å². The number of piperidine rings is 1. The van der Waals surface area contributed by atoms with Gasteiger partial charge in [-0.05, 0) is 50.3 Å². The predicted octanol–water partition coefficient (Wildman–Crippen LogP) is 3.22. The molecule has 0 N–H and O–H groups in total. The number of hydrogen-bond acceptors (Lipinski definition) is 2. The average Bonchev–Trinajstić information content (AvgIpc) is 2.59. The summed E-state index contributed by atoms with van der Waals surface area (Å²) in [6, 6.07) is 7.83. The van der Waals surface area contributed by atoms with Crippen molar-refractivity contribution in [2.24, 2.45) is 0 Å². The molecule has 0 saturated carbocycles. The molecule has 2 bridgehead atoms. The monoisotopic (exact) mass is 230 g/mol. The molecular weight excluding hydrogens is 215 g/mol. The van der Waals surface area contributed by atoms with E-state index in [0.29, 0.717) is 23.3 Å². The van der Waals surface area contributed by atoms with Crippen LogP contribution in [0.1, 0.15) is 37.7 Å². The molecule has 0 aliphatic carbocycles. The minimum atomic E-state index is -0.247. The second-order valence-corrected chi connectivity index (χ2v) is 5.00. The zero-order valence-corrected chi connectivity index (χ0v) is 9.69. The Labute approximate surface area is 101 Å². The topological polar surface area (TPSA) is 27.0 Å². The average molecular weight is 230 g/mol. The molecule has 3 heteroatoms. The predicted molar refractivity (Wildman–Crippen MR) is 64.3 cm³/mol. The van der Waals surface area contributed by atoms with Crippen LogP contribution in [-0.4, -0.2) is 12.1 Å². The molecule has 0 radical (unpaired) electrons. The van der Waals surface area contributed by atoms with E-state index in [9.17, 15) is 4.39 Å². The van der Waals surface area contributed by atoms with E-state index < -0.39 is 0 Å². The van der Waals surface area contributed by atoms with Gasteiger partial charge in [0.05, 0.1) is 17.3 Å². The smallest absolute Gasteiger partial charge is 0.147 e. The maximum atomic E-state index is 14.0. The molecule has 1 aromatic rings. The molecule has 2 fully saturated rings. The fraction of sp³-hybridized carbons (Fsp3) is 0.500. The number of fused-ring (bicyclic) bond motifs is 2. The minimum absolute atomic E-state index is 0.247. The molecule has 1 aromatic carbocycles. The van der Waals surface area contributed by atoms with Crippen LogP contribution in [0.25, 0.3) is 0 Å². The first kappa shape index (κ1) is 10.6. The van der Waals surface area contributed by atoms with Gasteiger partial charge >= 0.3 is 0 Å². The third kappa shape index (κ3) is 1.68. The minimum Gasteiger partial charge on any atom is -0.363 e. The zero-order chi connectivity index (χ0) is 11.8. The van der Waals surface area contributed by atoms with Crippen molar-refractivity contribution in [1.82, 2.24) is 0 Å². The molecule has 3 rings (SSSR count). The largest absolute Gasteiger partial charge is 0.363 e. The van der Waals surface area contributed by atoms with E-state index in [4.69, 9.17) is 5.26 Å². The highest BCUT2D eigenvalue weighted by Gasteiger charge is 2.37. The van der Waals surface area contributed by atoms with Gasteiger partial charge in [0.15, 0.2) is 0 Å². The molecule has 2 aliphatic rings. The van der Waals surface area contributed by atoms with E-state index >= 15 is 0 Å². The fourth-order valence-corrected chi connectivity index (χ4v) is 3.30. The van der Waals surface area contributed by atoms with Crippen LogP contribution in [0.4, 0.5) is 10.1 Å². The van der Waals surface area contributed by atoms with Crippen LogP contribution < -0.4 is 4.90 Å². The lowest BCUT2D eigenvalue weighted by molar-refractivity contribution is 0.460. The van der Waals surface area contributed by atoms with Gasteiger partial charge in [0.1, 0.15) is 5.82 Å². The third-order valence-corrected chi connectivity index (χ3v) is 4.05. The number of nitriles is 1. The van der Waals surface area contributed by atoms with Gasteiger partial charge in [0.25, 0.3) is 0 Å². The Hall–Kier alpha value is -1.56. The summed E-state index contributed by atoms with van der Waals surface area (Å²) in [5.74, 6) is -0.247. The van der Waals surface area contributed by atoms with Crippen molar-refractivity contribution in [2.45, 2.75) is 44.2 Å². The Kier molecular flexibility index (Phi) is 2.51. The van der Waals surface area contributed by atoms with Crippen molar-refractivity contribution in [2.75, 3.05) is 4.90 Å². The van der Waals surface area contributed by atoms with Crippen molar-refractivity contribution in [3.8, 4) is 6.07 Å². The lowest BCUT2D eigenvalue weighted by Gasteiger charge is -2.37. The number of rotatable bonds is 1. The van der Waals surface area contributed by atoms with Gasteiger partial charge in [0, 0.05) is 12.1 Å². The number of halogens is 1. The van der Waals surface area contributed by atoms with Crippen molar-refractivity contribution < 1.29 is 4.39 Å². The van der Waals surface area contributed by atoms with Crippen LogP contribution in [0.15, 0.2) is 18.2 Å². The summed E-state index contributed by atoms with van der Waals surface area (Å²) in [6.07, 6.45) is 5.99. The van der Waals surface area contributed by atoms with Crippen molar-refractivity contribution in [1.29, 1.82) is 5.26 Å². The van der Waals surface area contributed by atoms with Gasteiger partial charge in [-0.3, -0.25) is 0 Å². The quantitative estimate of drug-likeness (QED) is 0.740. The van der Waals surface area contributed by atoms with Gasteiger partial charge < -0.3 is 4.90 Å². The normalized spacial score (nSPS) is 26.9. The second-order valence-electron chi connectivity index (χ2n) is 5.00. The molecule has 2 aliphatic heterocycles. The van der Waals surface area contributed by atoms with Crippen LogP contribution in [-0.2, 0) is 0 Å². The lowest BCUT2D eigenvalue weighted by atomic mass is 10.0. The number of benzene rings is 1. The SMILES string of the molecule is N#Cc1ccc(N2C3CCCC2CC3)c(F)c1. The highest BCUT2D eigenvalue weighted by atomic mass is 19.1. The summed E-state index contributed by atoms with van der Waals surface area (Å²) < 4.78 is 14.0. The van der Waals surface area contributed by atoms with Crippen LogP contribution >= 0.6 is 0 Å². The van der Waals surface area contributed by atoms with Crippen molar-refractivity contribution in [3.63, 3.8) is 0 Å². The first-order valence-corrected chi connectivity index (χ1v) is 6.27. The number of nitrogens with zero attached hydrogens (tertiary/aromatic N) is 2. The molecule has 2 nitrogen and oxygen atoms in total. The number of anilines is 1. The Bertz CT molecular complexity index is 462. The van der Waals surface area contributed by atoms with Gasteiger partial charge in [-0.1, -0.05) is 0 Å². The molecule has 2 saturated heterocycles. The van der Waals surface area contributed by atoms with Gasteiger partial charge in [-0.2, -0.15) is 5.26 Å². The van der Waals surface area contributed by atoms with Crippen LogP contribution in [0.2, 0.25) is 0 Å². The molecule has 0 amide bonds. The lowest BCUT2D eigenvalue weighted by Crippen LogP contribution is -2.40. The summed E-state index contributed by atoms with van der Waals surface area (Å²) in [7, 11) is 0. The van der Waals surface area contributed by atoms with Gasteiger partial charge in [-0.15, -0.1) is 0 Å². The highest BCUT2D eigenvalue weighted by Crippen LogP contribution is 2.40. The molecule has 0 aromatic heterocycles. The van der Waals surface area contributed by atoms with Gasteiger partial charge in [-0.25, -0.2) is 4.39 Å². The molecule has 0 spiro atoms. The molecule has 2 unspecified atom stereocenters. The van der Waals surface area contributed by atoms with Crippen LogP contribution in [0.3, 0.4) is 0 Å². The molecule has 88 valence electrons. The number of hydrogen-bond donors (Lipinski definition) is 0. The first-order chi connectivity index (χ1) is 8.29. The Morgan fingerprint density at radius 2 is 1.88 bits per heavy atom. The Morgan fingerprint density at radius 1 is 1.18 bits per heavy atom. The van der Waals surface area contributed by atoms with E-state index in [1.807, 2.05) is 6.07 Å². The van der Waals surface area contributed by atoms with Crippen molar-refractivity contribution in [3.05, 3.63) is 29.6 Å². The van der Waals surface area contributed by atoms with Crippen LogP contribution in [0, 0.1) is 17.1 Å². The Balaban J connectivity index is 1.97. The third-order valence-electron chi connectivity index (χ3n) is 4.05. The zero-order valence-electron chi connectivity index (χ0n) is 9.69.